The number of ether oxygens (including phenoxy) is 2. The Morgan fingerprint density at radius 3 is 2.48 bits per heavy atom. The summed E-state index contributed by atoms with van der Waals surface area (Å²) in [4.78, 5) is 11.5. The molecule has 0 aromatic rings. The fraction of sp³-hybridized carbons (Fsp3) is 0.938. The van der Waals surface area contributed by atoms with Crippen LogP contribution in [0.1, 0.15) is 59.3 Å². The summed E-state index contributed by atoms with van der Waals surface area (Å²) in [5.74, 6) is -0.132. The molecule has 1 fully saturated rings. The lowest BCUT2D eigenvalue weighted by atomic mass is 9.94. The molecule has 0 aliphatic carbocycles. The zero-order chi connectivity index (χ0) is 15.8. The molecule has 0 aromatic carbocycles. The summed E-state index contributed by atoms with van der Waals surface area (Å²) in [5.41, 5.74) is -1.05. The molecule has 0 saturated carbocycles. The van der Waals surface area contributed by atoms with Crippen molar-refractivity contribution < 1.29 is 19.4 Å². The minimum Gasteiger partial charge on any atom is -0.460 e. The number of aliphatic hydroxyl groups is 1. The molecule has 0 aromatic heterocycles. The van der Waals surface area contributed by atoms with Gasteiger partial charge in [0.15, 0.2) is 0 Å². The average Bonchev–Trinajstić information content (AvgIpc) is 2.36. The van der Waals surface area contributed by atoms with E-state index in [1.807, 2.05) is 20.8 Å². The number of carbonyl (C=O) groups excluding carboxylic acids is 1. The van der Waals surface area contributed by atoms with E-state index in [1.54, 1.807) is 0 Å². The van der Waals surface area contributed by atoms with Gasteiger partial charge < -0.3 is 19.9 Å². The summed E-state index contributed by atoms with van der Waals surface area (Å²) < 4.78 is 10.8. The molecular weight excluding hydrogens is 270 g/mol. The van der Waals surface area contributed by atoms with Gasteiger partial charge in [-0.2, -0.15) is 0 Å². The maximum absolute atomic E-state index is 11.5. The van der Waals surface area contributed by atoms with E-state index in [1.165, 1.54) is 0 Å². The van der Waals surface area contributed by atoms with Crippen LogP contribution in [0.5, 0.6) is 0 Å². The Hall–Kier alpha value is -0.650. The Morgan fingerprint density at radius 2 is 1.86 bits per heavy atom. The van der Waals surface area contributed by atoms with E-state index >= 15 is 0 Å². The molecule has 0 unspecified atom stereocenters. The maximum atomic E-state index is 11.5. The van der Waals surface area contributed by atoms with Crippen molar-refractivity contribution >= 4 is 5.97 Å². The van der Waals surface area contributed by atoms with Crippen LogP contribution >= 0.6 is 0 Å². The Kier molecular flexibility index (Phi) is 7.63. The second kappa shape index (κ2) is 8.71. The molecule has 0 amide bonds. The SMILES string of the molecule is CC(C)(C)OC(=O)CCCCCOCC1(O)CCNCC1. The van der Waals surface area contributed by atoms with Crippen LogP contribution in [0, 0.1) is 0 Å². The van der Waals surface area contributed by atoms with Crippen LogP contribution in [0.4, 0.5) is 0 Å². The Morgan fingerprint density at radius 1 is 1.19 bits per heavy atom. The molecular formula is C16H31NO4. The third kappa shape index (κ3) is 9.06. The molecule has 0 atom stereocenters. The second-order valence-corrected chi connectivity index (χ2v) is 6.92. The molecule has 0 radical (unpaired) electrons. The highest BCUT2D eigenvalue weighted by Gasteiger charge is 2.29. The number of rotatable bonds is 8. The smallest absolute Gasteiger partial charge is 0.306 e. The fourth-order valence-electron chi connectivity index (χ4n) is 2.34. The predicted octanol–water partition coefficient (Wildman–Crippen LogP) is 2.02. The highest BCUT2D eigenvalue weighted by atomic mass is 16.6. The summed E-state index contributed by atoms with van der Waals surface area (Å²) in [5, 5.41) is 13.5. The van der Waals surface area contributed by atoms with Gasteiger partial charge in [0.25, 0.3) is 0 Å². The standard InChI is InChI=1S/C16H31NO4/c1-15(2,3)21-14(18)7-5-4-6-12-20-13-16(19)8-10-17-11-9-16/h17,19H,4-13H2,1-3H3. The lowest BCUT2D eigenvalue weighted by Crippen LogP contribution is -2.45. The van der Waals surface area contributed by atoms with Gasteiger partial charge in [-0.05, 0) is 59.5 Å². The number of unbranched alkanes of at least 4 members (excludes halogenated alkanes) is 2. The largest absolute Gasteiger partial charge is 0.460 e. The van der Waals surface area contributed by atoms with Crippen molar-refractivity contribution in [3.63, 3.8) is 0 Å². The number of piperidine rings is 1. The summed E-state index contributed by atoms with van der Waals surface area (Å²) >= 11 is 0. The molecule has 1 rings (SSSR count). The van der Waals surface area contributed by atoms with E-state index < -0.39 is 11.2 Å². The van der Waals surface area contributed by atoms with Crippen molar-refractivity contribution in [2.24, 2.45) is 0 Å². The molecule has 1 heterocycles. The van der Waals surface area contributed by atoms with Gasteiger partial charge in [0, 0.05) is 13.0 Å². The summed E-state index contributed by atoms with van der Waals surface area (Å²) in [7, 11) is 0. The lowest BCUT2D eigenvalue weighted by Gasteiger charge is -2.32. The lowest BCUT2D eigenvalue weighted by molar-refractivity contribution is -0.154. The first-order valence-corrected chi connectivity index (χ1v) is 8.03. The van der Waals surface area contributed by atoms with Gasteiger partial charge in [-0.3, -0.25) is 4.79 Å². The Labute approximate surface area is 128 Å². The van der Waals surface area contributed by atoms with Crippen molar-refractivity contribution in [3.05, 3.63) is 0 Å². The predicted molar refractivity (Wildman–Crippen MR) is 82.2 cm³/mol. The number of esters is 1. The molecule has 5 nitrogen and oxygen atoms in total. The Bertz CT molecular complexity index is 306. The van der Waals surface area contributed by atoms with Gasteiger partial charge in [0.2, 0.25) is 0 Å². The van der Waals surface area contributed by atoms with Gasteiger partial charge >= 0.3 is 5.97 Å². The minimum absolute atomic E-state index is 0.132. The Balaban J connectivity index is 1.96. The molecule has 21 heavy (non-hydrogen) atoms. The molecule has 124 valence electrons. The molecule has 2 N–H and O–H groups in total. The van der Waals surface area contributed by atoms with Crippen molar-refractivity contribution in [2.45, 2.75) is 70.5 Å². The van der Waals surface area contributed by atoms with Crippen LogP contribution < -0.4 is 5.32 Å². The first kappa shape index (κ1) is 18.4. The van der Waals surface area contributed by atoms with Crippen molar-refractivity contribution in [2.75, 3.05) is 26.3 Å². The third-order valence-electron chi connectivity index (χ3n) is 3.49. The van der Waals surface area contributed by atoms with Crippen LogP contribution in [0.3, 0.4) is 0 Å². The van der Waals surface area contributed by atoms with Crippen LogP contribution in [0.2, 0.25) is 0 Å². The fourth-order valence-corrected chi connectivity index (χ4v) is 2.34. The molecule has 1 aliphatic heterocycles. The van der Waals surface area contributed by atoms with Crippen molar-refractivity contribution in [1.82, 2.24) is 5.32 Å². The van der Waals surface area contributed by atoms with Crippen LogP contribution in [-0.4, -0.2) is 48.6 Å². The number of carbonyl (C=O) groups is 1. The van der Waals surface area contributed by atoms with E-state index in [0.29, 0.717) is 19.6 Å². The van der Waals surface area contributed by atoms with Gasteiger partial charge in [-0.15, -0.1) is 0 Å². The normalized spacial score (nSPS) is 18.5. The summed E-state index contributed by atoms with van der Waals surface area (Å²) in [6, 6.07) is 0. The molecule has 0 spiro atoms. The monoisotopic (exact) mass is 301 g/mol. The first-order valence-electron chi connectivity index (χ1n) is 8.03. The first-order chi connectivity index (χ1) is 9.81. The zero-order valence-corrected chi connectivity index (χ0v) is 13.7. The number of hydrogen-bond donors (Lipinski definition) is 2. The number of nitrogens with one attached hydrogen (secondary N) is 1. The molecule has 1 aliphatic rings. The van der Waals surface area contributed by atoms with Crippen molar-refractivity contribution in [1.29, 1.82) is 0 Å². The molecule has 5 heteroatoms. The van der Waals surface area contributed by atoms with Gasteiger partial charge in [0.1, 0.15) is 5.60 Å². The van der Waals surface area contributed by atoms with E-state index in [2.05, 4.69) is 5.32 Å². The van der Waals surface area contributed by atoms with Crippen LogP contribution in [0.25, 0.3) is 0 Å². The van der Waals surface area contributed by atoms with Crippen LogP contribution in [0.15, 0.2) is 0 Å². The van der Waals surface area contributed by atoms with Crippen LogP contribution in [-0.2, 0) is 14.3 Å². The third-order valence-corrected chi connectivity index (χ3v) is 3.49. The van der Waals surface area contributed by atoms with E-state index in [0.717, 1.165) is 45.2 Å². The zero-order valence-electron chi connectivity index (χ0n) is 13.7. The average molecular weight is 301 g/mol. The summed E-state index contributed by atoms with van der Waals surface area (Å²) in [6.07, 6.45) is 4.66. The minimum atomic E-state index is -0.651. The van der Waals surface area contributed by atoms with Gasteiger partial charge in [-0.1, -0.05) is 6.42 Å². The number of hydrogen-bond acceptors (Lipinski definition) is 5. The highest BCUT2D eigenvalue weighted by molar-refractivity contribution is 5.69. The van der Waals surface area contributed by atoms with E-state index in [9.17, 15) is 9.90 Å². The van der Waals surface area contributed by atoms with Gasteiger partial charge in [0.05, 0.1) is 12.2 Å². The summed E-state index contributed by atoms with van der Waals surface area (Å²) in [6.45, 7) is 8.41. The second-order valence-electron chi connectivity index (χ2n) is 6.92. The maximum Gasteiger partial charge on any atom is 0.306 e. The highest BCUT2D eigenvalue weighted by Crippen LogP contribution is 2.18. The topological polar surface area (TPSA) is 67.8 Å². The quantitative estimate of drug-likeness (QED) is 0.530. The van der Waals surface area contributed by atoms with Gasteiger partial charge in [-0.25, -0.2) is 0 Å². The molecule has 0 bridgehead atoms. The van der Waals surface area contributed by atoms with E-state index in [4.69, 9.17) is 9.47 Å². The molecule has 1 saturated heterocycles. The van der Waals surface area contributed by atoms with Crippen molar-refractivity contribution in [3.8, 4) is 0 Å². The van der Waals surface area contributed by atoms with E-state index in [-0.39, 0.29) is 5.97 Å².